The number of nitrogens with zero attached hydrogens (tertiary/aromatic N) is 3. The molecule has 1 fully saturated rings. The van der Waals surface area contributed by atoms with Gasteiger partial charge in [0.25, 0.3) is 0 Å². The third kappa shape index (κ3) is 2.63. The van der Waals surface area contributed by atoms with Crippen LogP contribution in [0.4, 0.5) is 5.82 Å². The van der Waals surface area contributed by atoms with Crippen LogP contribution in [-0.2, 0) is 11.3 Å². The molecule has 3 rings (SSSR count). The number of anilines is 1. The Morgan fingerprint density at radius 1 is 1.25 bits per heavy atom. The van der Waals surface area contributed by atoms with E-state index in [1.54, 1.807) is 11.3 Å². The molecule has 2 N–H and O–H groups in total. The lowest BCUT2D eigenvalue weighted by Crippen LogP contribution is -2.27. The van der Waals surface area contributed by atoms with E-state index in [2.05, 4.69) is 28.7 Å². The molecule has 0 atom stereocenters. The second-order valence-electron chi connectivity index (χ2n) is 5.23. The number of nitrogens with two attached hydrogens (primary N) is 1. The third-order valence-electron chi connectivity index (χ3n) is 3.78. The van der Waals surface area contributed by atoms with Crippen LogP contribution in [0.25, 0.3) is 10.2 Å². The lowest BCUT2D eigenvalue weighted by molar-refractivity contribution is 0.140. The average molecular weight is 292 g/mol. The van der Waals surface area contributed by atoms with E-state index in [1.165, 1.54) is 10.4 Å². The van der Waals surface area contributed by atoms with Crippen LogP contribution in [0.15, 0.2) is 0 Å². The van der Waals surface area contributed by atoms with Crippen molar-refractivity contribution in [2.75, 3.05) is 32.0 Å². The van der Waals surface area contributed by atoms with Gasteiger partial charge in [0.15, 0.2) is 0 Å². The molecule has 2 aromatic rings. The average Bonchev–Trinajstić information content (AvgIpc) is 2.59. The molecule has 1 saturated heterocycles. The van der Waals surface area contributed by atoms with Crippen LogP contribution in [-0.4, -0.2) is 41.2 Å². The third-order valence-corrected chi connectivity index (χ3v) is 4.88. The lowest BCUT2D eigenvalue weighted by atomic mass is 10.2. The predicted molar refractivity (Wildman–Crippen MR) is 82.0 cm³/mol. The first-order chi connectivity index (χ1) is 9.65. The summed E-state index contributed by atoms with van der Waals surface area (Å²) in [7, 11) is 0. The second kappa shape index (κ2) is 5.63. The van der Waals surface area contributed by atoms with Crippen molar-refractivity contribution in [3.63, 3.8) is 0 Å². The fourth-order valence-corrected chi connectivity index (χ4v) is 3.61. The second-order valence-corrected chi connectivity index (χ2v) is 6.43. The maximum absolute atomic E-state index is 6.12. The Morgan fingerprint density at radius 2 is 2.10 bits per heavy atom. The van der Waals surface area contributed by atoms with Crippen molar-refractivity contribution in [2.24, 2.45) is 0 Å². The number of aryl methyl sites for hydroxylation is 2. The number of ether oxygens (including phenoxy) is 1. The van der Waals surface area contributed by atoms with Gasteiger partial charge in [-0.25, -0.2) is 9.97 Å². The molecule has 0 unspecified atom stereocenters. The zero-order valence-corrected chi connectivity index (χ0v) is 12.8. The van der Waals surface area contributed by atoms with Crippen LogP contribution < -0.4 is 5.73 Å². The van der Waals surface area contributed by atoms with Gasteiger partial charge in [-0.3, -0.25) is 4.90 Å². The minimum Gasteiger partial charge on any atom is -0.383 e. The summed E-state index contributed by atoms with van der Waals surface area (Å²) in [6, 6.07) is 0. The molecular weight excluding hydrogens is 272 g/mol. The summed E-state index contributed by atoms with van der Waals surface area (Å²) >= 11 is 1.70. The van der Waals surface area contributed by atoms with Crippen molar-refractivity contribution in [3.05, 3.63) is 16.3 Å². The topological polar surface area (TPSA) is 64.3 Å². The number of aromatic nitrogens is 2. The largest absolute Gasteiger partial charge is 0.383 e. The van der Waals surface area contributed by atoms with Crippen LogP contribution in [0, 0.1) is 13.8 Å². The van der Waals surface area contributed by atoms with Crippen molar-refractivity contribution in [3.8, 4) is 0 Å². The Labute approximate surface area is 122 Å². The Bertz CT molecular complexity index is 617. The van der Waals surface area contributed by atoms with Gasteiger partial charge in [0.1, 0.15) is 16.5 Å². The molecule has 108 valence electrons. The van der Waals surface area contributed by atoms with E-state index in [4.69, 9.17) is 10.5 Å². The van der Waals surface area contributed by atoms with Crippen molar-refractivity contribution in [2.45, 2.75) is 26.8 Å². The van der Waals surface area contributed by atoms with Crippen molar-refractivity contribution in [1.82, 2.24) is 14.9 Å². The monoisotopic (exact) mass is 292 g/mol. The smallest absolute Gasteiger partial charge is 0.146 e. The van der Waals surface area contributed by atoms with Crippen LogP contribution in [0.5, 0.6) is 0 Å². The number of rotatable bonds is 2. The Morgan fingerprint density at radius 3 is 2.95 bits per heavy atom. The maximum Gasteiger partial charge on any atom is 0.146 e. The van der Waals surface area contributed by atoms with Crippen molar-refractivity contribution >= 4 is 27.4 Å². The highest BCUT2D eigenvalue weighted by molar-refractivity contribution is 7.18. The van der Waals surface area contributed by atoms with E-state index in [9.17, 15) is 0 Å². The van der Waals surface area contributed by atoms with Gasteiger partial charge in [-0.2, -0.15) is 0 Å². The minimum absolute atomic E-state index is 0.609. The highest BCUT2D eigenvalue weighted by atomic mass is 32.1. The van der Waals surface area contributed by atoms with E-state index in [0.29, 0.717) is 5.82 Å². The van der Waals surface area contributed by atoms with Crippen LogP contribution in [0.1, 0.15) is 22.7 Å². The molecule has 1 aliphatic heterocycles. The van der Waals surface area contributed by atoms with Gasteiger partial charge >= 0.3 is 0 Å². The molecule has 20 heavy (non-hydrogen) atoms. The number of nitrogen functional groups attached to an aromatic ring is 1. The molecule has 0 aliphatic carbocycles. The summed E-state index contributed by atoms with van der Waals surface area (Å²) in [5.74, 6) is 1.43. The fraction of sp³-hybridized carbons (Fsp3) is 0.571. The van der Waals surface area contributed by atoms with Gasteiger partial charge in [-0.05, 0) is 25.8 Å². The van der Waals surface area contributed by atoms with Gasteiger partial charge in [-0.15, -0.1) is 11.3 Å². The van der Waals surface area contributed by atoms with E-state index in [1.807, 2.05) is 0 Å². The SMILES string of the molecule is Cc1sc2nc(CN3CCCOCC3)nc(N)c2c1C. The molecule has 0 aromatic carbocycles. The molecule has 0 bridgehead atoms. The van der Waals surface area contributed by atoms with Crippen LogP contribution >= 0.6 is 11.3 Å². The minimum atomic E-state index is 0.609. The maximum atomic E-state index is 6.12. The molecule has 0 amide bonds. The number of fused-ring (bicyclic) bond motifs is 1. The normalized spacial score (nSPS) is 17.5. The Kier molecular flexibility index (Phi) is 3.87. The zero-order chi connectivity index (χ0) is 14.1. The first kappa shape index (κ1) is 13.7. The van der Waals surface area contributed by atoms with Gasteiger partial charge in [0.2, 0.25) is 0 Å². The zero-order valence-electron chi connectivity index (χ0n) is 12.0. The highest BCUT2D eigenvalue weighted by Gasteiger charge is 2.15. The van der Waals surface area contributed by atoms with E-state index < -0.39 is 0 Å². The fourth-order valence-electron chi connectivity index (χ4n) is 2.55. The number of hydrogen-bond acceptors (Lipinski definition) is 6. The van der Waals surface area contributed by atoms with Crippen LogP contribution in [0.3, 0.4) is 0 Å². The summed E-state index contributed by atoms with van der Waals surface area (Å²) in [6.07, 6.45) is 1.06. The first-order valence-corrected chi connectivity index (χ1v) is 7.79. The summed E-state index contributed by atoms with van der Waals surface area (Å²) in [6.45, 7) is 8.54. The van der Waals surface area contributed by atoms with E-state index in [-0.39, 0.29) is 0 Å². The standard InChI is InChI=1S/C14H20N4OS/c1-9-10(2)20-14-12(9)13(15)16-11(17-14)8-18-4-3-6-19-7-5-18/h3-8H2,1-2H3,(H2,15,16,17). The Hall–Kier alpha value is -1.24. The summed E-state index contributed by atoms with van der Waals surface area (Å²) in [5.41, 5.74) is 7.33. The molecule has 2 aromatic heterocycles. The van der Waals surface area contributed by atoms with Gasteiger partial charge in [-0.1, -0.05) is 0 Å². The van der Waals surface area contributed by atoms with Gasteiger partial charge in [0, 0.05) is 24.6 Å². The van der Waals surface area contributed by atoms with E-state index in [0.717, 1.165) is 55.3 Å². The van der Waals surface area contributed by atoms with Crippen LogP contribution in [0.2, 0.25) is 0 Å². The molecule has 3 heterocycles. The highest BCUT2D eigenvalue weighted by Crippen LogP contribution is 2.31. The summed E-state index contributed by atoms with van der Waals surface area (Å²) in [5, 5.41) is 1.02. The number of thiophene rings is 1. The quantitative estimate of drug-likeness (QED) is 0.918. The molecule has 6 heteroatoms. The van der Waals surface area contributed by atoms with Gasteiger partial charge in [0.05, 0.1) is 18.5 Å². The van der Waals surface area contributed by atoms with E-state index >= 15 is 0 Å². The molecular formula is C14H20N4OS. The lowest BCUT2D eigenvalue weighted by Gasteiger charge is -2.17. The summed E-state index contributed by atoms with van der Waals surface area (Å²) < 4.78 is 5.47. The van der Waals surface area contributed by atoms with Crippen molar-refractivity contribution in [1.29, 1.82) is 0 Å². The molecule has 0 saturated carbocycles. The number of hydrogen-bond donors (Lipinski definition) is 1. The first-order valence-electron chi connectivity index (χ1n) is 6.97. The molecule has 1 aliphatic rings. The summed E-state index contributed by atoms with van der Waals surface area (Å²) in [4.78, 5) is 13.8. The molecule has 0 spiro atoms. The van der Waals surface area contributed by atoms with Gasteiger partial charge < -0.3 is 10.5 Å². The Balaban J connectivity index is 1.88. The predicted octanol–water partition coefficient (Wildman–Crippen LogP) is 2.11. The van der Waals surface area contributed by atoms with Crippen molar-refractivity contribution < 1.29 is 4.74 Å². The molecule has 0 radical (unpaired) electrons. The molecule has 5 nitrogen and oxygen atoms in total.